The second-order valence-corrected chi connectivity index (χ2v) is 25.3. The second kappa shape index (κ2) is 19.2. The van der Waals surface area contributed by atoms with Crippen molar-refractivity contribution in [2.24, 2.45) is 11.8 Å². The number of aromatic nitrogens is 1. The first-order valence-corrected chi connectivity index (χ1v) is 26.1. The monoisotopic (exact) mass is 927 g/mol. The molecule has 5 aromatic rings. The van der Waals surface area contributed by atoms with Crippen LogP contribution in [-0.4, -0.2) is 29.1 Å². The summed E-state index contributed by atoms with van der Waals surface area (Å²) >= 11 is -1.88. The average Bonchev–Trinajstić information content (AvgIpc) is 3.54. The summed E-state index contributed by atoms with van der Waals surface area (Å²) in [7, 11) is 0. The van der Waals surface area contributed by atoms with Gasteiger partial charge in [-0.2, -0.15) is 0 Å². The third kappa shape index (κ3) is 10.1. The summed E-state index contributed by atoms with van der Waals surface area (Å²) in [6.45, 7) is 14.8. The minimum Gasteiger partial charge on any atom is -0.0959 e. The molecule has 5 rings (SSSR count). The summed E-state index contributed by atoms with van der Waals surface area (Å²) in [4.78, 5) is 16.5. The van der Waals surface area contributed by atoms with E-state index in [1.54, 1.807) is 0 Å². The van der Waals surface area contributed by atoms with Crippen LogP contribution in [0, 0.1) is 24.8 Å². The van der Waals surface area contributed by atoms with Crippen molar-refractivity contribution in [1.82, 2.24) is 4.98 Å². The number of benzene rings is 3. The van der Waals surface area contributed by atoms with E-state index in [0.29, 0.717) is 5.92 Å². The molecule has 0 saturated heterocycles. The Kier molecular flexibility index (Phi) is 16.0. The predicted molar refractivity (Wildman–Crippen MR) is 216 cm³/mol. The molecule has 1 N–H and O–H groups in total. The van der Waals surface area contributed by atoms with E-state index >= 15 is 0 Å². The van der Waals surface area contributed by atoms with Gasteiger partial charge in [-0.25, -0.2) is 0 Å². The molecule has 2 heterocycles. The summed E-state index contributed by atoms with van der Waals surface area (Å²) in [6.07, 6.45) is 9.02. The number of aliphatic hydroxyl groups is 1. The average molecular weight is 926 g/mol. The molecule has 0 fully saturated rings. The number of carbonyl (C=O) groups is 1. The minimum absolute atomic E-state index is 0. The Labute approximate surface area is 323 Å². The Hall–Kier alpha value is -2.99. The third-order valence-corrected chi connectivity index (χ3v) is 14.6. The number of ketones is 1. The van der Waals surface area contributed by atoms with Crippen molar-refractivity contribution < 1.29 is 34.4 Å². The number of rotatable bonds is 13. The van der Waals surface area contributed by atoms with E-state index in [-0.39, 0.29) is 43.5 Å². The van der Waals surface area contributed by atoms with Gasteiger partial charge in [-0.3, -0.25) is 4.79 Å². The van der Waals surface area contributed by atoms with Crippen LogP contribution in [0.4, 0.5) is 0 Å². The van der Waals surface area contributed by atoms with E-state index < -0.39 is 13.3 Å². The number of fused-ring (bicyclic) bond motifs is 2. The van der Waals surface area contributed by atoms with E-state index in [0.717, 1.165) is 77.5 Å². The molecule has 3 aromatic carbocycles. The molecule has 0 unspecified atom stereocenters. The molecule has 0 atom stereocenters. The van der Waals surface area contributed by atoms with Crippen molar-refractivity contribution in [2.45, 2.75) is 110 Å². The molecule has 6 heteroatoms. The fourth-order valence-electron chi connectivity index (χ4n) is 6.93. The minimum atomic E-state index is -1.88. The molecule has 0 amide bonds. The molecule has 0 aliphatic carbocycles. The number of hydrogen-bond acceptors (Lipinski definition) is 4. The van der Waals surface area contributed by atoms with Crippen LogP contribution < -0.4 is 4.40 Å². The Balaban J connectivity index is 0.000000374. The number of aryl methyl sites for hydroxylation is 1. The molecule has 0 aliphatic rings. The molecule has 0 spiro atoms. The van der Waals surface area contributed by atoms with Crippen molar-refractivity contribution in [3.8, 4) is 22.6 Å². The molecular weight excluding hydrogens is 867 g/mol. The van der Waals surface area contributed by atoms with Gasteiger partial charge in [-0.1, -0.05) is 72.6 Å². The van der Waals surface area contributed by atoms with Crippen molar-refractivity contribution >= 4 is 45.2 Å². The van der Waals surface area contributed by atoms with E-state index in [1.807, 2.05) is 40.0 Å². The van der Waals surface area contributed by atoms with E-state index in [4.69, 9.17) is 9.40 Å². The third-order valence-electron chi connectivity index (χ3n) is 10.4. The van der Waals surface area contributed by atoms with Gasteiger partial charge >= 0.3 is 167 Å². The van der Waals surface area contributed by atoms with Gasteiger partial charge in [0.05, 0.1) is 5.76 Å². The summed E-state index contributed by atoms with van der Waals surface area (Å²) in [5, 5.41) is 13.3. The van der Waals surface area contributed by atoms with Crippen molar-refractivity contribution in [3.63, 3.8) is 0 Å². The topological polar surface area (TPSA) is 63.3 Å². The summed E-state index contributed by atoms with van der Waals surface area (Å²) in [6, 6.07) is 25.6. The van der Waals surface area contributed by atoms with Crippen LogP contribution >= 0.6 is 0 Å². The number of carbonyl (C=O) groups excluding carboxylic acids is 1. The van der Waals surface area contributed by atoms with Gasteiger partial charge in [0.25, 0.3) is 0 Å². The predicted octanol–water partition coefficient (Wildman–Crippen LogP) is 12.7. The van der Waals surface area contributed by atoms with Crippen LogP contribution in [-0.2, 0) is 24.9 Å². The molecule has 0 aliphatic heterocycles. The van der Waals surface area contributed by atoms with Crippen LogP contribution in [0.25, 0.3) is 44.3 Å². The Bertz CT molecular complexity index is 1920. The zero-order valence-electron chi connectivity index (χ0n) is 32.4. The van der Waals surface area contributed by atoms with Crippen molar-refractivity contribution in [3.05, 3.63) is 95.9 Å². The maximum atomic E-state index is 11.7. The maximum absolute atomic E-state index is 11.7. The van der Waals surface area contributed by atoms with Crippen LogP contribution in [0.15, 0.2) is 83.1 Å². The van der Waals surface area contributed by atoms with Crippen LogP contribution in [0.1, 0.15) is 97.1 Å². The molecule has 51 heavy (non-hydrogen) atoms. The molecule has 4 nitrogen and oxygen atoms in total. The SMILES string of the molecule is CCC(CC)C(=O)/C=C(\O)C(CC)CC.CCC(CC)c1cc(-c2nccc3cc(-c4cc[c]([Ge]([CH3])([CH3])[CH3])cc4C)oc23)[c-]c2ccccc12.[Ir]. The number of allylic oxidation sites excluding steroid dienone is 2. The zero-order chi connectivity index (χ0) is 36.6. The molecule has 0 saturated carbocycles. The van der Waals surface area contributed by atoms with Gasteiger partial charge in [0, 0.05) is 38.0 Å². The smallest absolute Gasteiger partial charge is 0.0959 e. The molecule has 2 aromatic heterocycles. The summed E-state index contributed by atoms with van der Waals surface area (Å²) < 4.78 is 8.06. The van der Waals surface area contributed by atoms with Crippen LogP contribution in [0.5, 0.6) is 0 Å². The normalized spacial score (nSPS) is 12.1. The Morgan fingerprint density at radius 3 is 2.10 bits per heavy atom. The fourth-order valence-corrected chi connectivity index (χ4v) is 9.51. The number of furan rings is 1. The second-order valence-electron chi connectivity index (χ2n) is 14.7. The zero-order valence-corrected chi connectivity index (χ0v) is 36.9. The first kappa shape index (κ1) is 42.4. The number of pyridine rings is 1. The van der Waals surface area contributed by atoms with Gasteiger partial charge in [0.1, 0.15) is 0 Å². The van der Waals surface area contributed by atoms with Crippen molar-refractivity contribution in [2.75, 3.05) is 0 Å². The molecule has 275 valence electrons. The van der Waals surface area contributed by atoms with E-state index in [1.165, 1.54) is 27.0 Å². The van der Waals surface area contributed by atoms with Gasteiger partial charge < -0.3 is 5.11 Å². The van der Waals surface area contributed by atoms with Gasteiger partial charge in [0.15, 0.2) is 5.78 Å². The van der Waals surface area contributed by atoms with E-state index in [2.05, 4.69) is 98.7 Å². The van der Waals surface area contributed by atoms with Gasteiger partial charge in [-0.05, 0) is 25.7 Å². The quantitative estimate of drug-likeness (QED) is 0.0553. The fraction of sp³-hybridized carbons (Fsp3) is 0.422. The molecule has 1 radical (unpaired) electrons. The summed E-state index contributed by atoms with van der Waals surface area (Å²) in [5.41, 5.74) is 6.51. The molecular formula is C45H58GeIrNO3-. The number of nitrogens with zero attached hydrogens (tertiary/aromatic N) is 1. The van der Waals surface area contributed by atoms with Crippen molar-refractivity contribution in [1.29, 1.82) is 0 Å². The number of hydrogen-bond donors (Lipinski definition) is 1. The first-order chi connectivity index (χ1) is 23.9. The van der Waals surface area contributed by atoms with Gasteiger partial charge in [-0.15, -0.1) is 0 Å². The Morgan fingerprint density at radius 2 is 1.51 bits per heavy atom. The van der Waals surface area contributed by atoms with Crippen LogP contribution in [0.2, 0.25) is 17.3 Å². The first-order valence-electron chi connectivity index (χ1n) is 18.8. The summed E-state index contributed by atoms with van der Waals surface area (Å²) in [5.74, 6) is 9.26. The van der Waals surface area contributed by atoms with Crippen LogP contribution in [0.3, 0.4) is 0 Å². The Morgan fingerprint density at radius 1 is 0.863 bits per heavy atom. The van der Waals surface area contributed by atoms with Gasteiger partial charge in [0.2, 0.25) is 0 Å². The molecule has 0 bridgehead atoms. The van der Waals surface area contributed by atoms with E-state index in [9.17, 15) is 9.90 Å². The standard InChI is InChI=1S/C32H34GeNO.C13H24O2.Ir/c1-7-22(8-2)29-19-25(18-23-11-9-10-12-28(23)29)31-32-24(15-16-34-31)20-30(35-32)27-14-13-26(17-21(27)3)33(4,5)6;1-5-10(6-2)12(14)9-13(15)11(7-3)8-4;/h9-17,19-20,22H,7-8H2,1-6H3;9-11,14H,5-8H2,1-4H3;/q-1;;/b;12-9-;. The number of aliphatic hydroxyl groups excluding tert-OH is 1.